The molecule has 19 heavy (non-hydrogen) atoms. The quantitative estimate of drug-likeness (QED) is 0.575. The highest BCUT2D eigenvalue weighted by atomic mass is 79.9. The molecule has 0 saturated heterocycles. The average molecular weight is 478 g/mol. The number of benzene rings is 1. The minimum Gasteiger partial charge on any atom is -0.506 e. The molecule has 1 aliphatic rings. The van der Waals surface area contributed by atoms with Crippen LogP contribution in [0.3, 0.4) is 0 Å². The van der Waals surface area contributed by atoms with Crippen molar-refractivity contribution >= 4 is 60.2 Å². The Morgan fingerprint density at radius 1 is 1.11 bits per heavy atom. The van der Waals surface area contributed by atoms with Gasteiger partial charge < -0.3 is 10.8 Å². The van der Waals surface area contributed by atoms with Crippen LogP contribution in [0, 0.1) is 5.92 Å². The van der Waals surface area contributed by atoms with E-state index >= 15 is 0 Å². The van der Waals surface area contributed by atoms with E-state index in [2.05, 4.69) is 47.8 Å². The van der Waals surface area contributed by atoms with Crippen molar-refractivity contribution < 1.29 is 5.11 Å². The molecule has 0 unspecified atom stereocenters. The van der Waals surface area contributed by atoms with Crippen LogP contribution in [0.25, 0.3) is 0 Å². The van der Waals surface area contributed by atoms with Gasteiger partial charge in [-0.2, -0.15) is 0 Å². The summed E-state index contributed by atoms with van der Waals surface area (Å²) in [6.45, 7) is 0. The predicted molar refractivity (Wildman–Crippen MR) is 92.0 cm³/mol. The molecule has 0 heterocycles. The van der Waals surface area contributed by atoms with Gasteiger partial charge in [-0.25, -0.2) is 0 Å². The highest BCUT2D eigenvalue weighted by Crippen LogP contribution is 2.45. The standard InChI is InChI=1S/C13H16Br3NO.ClH/c14-8-6-9(15)13(18)11(16)10(8)12(17)7-4-2-1-3-5-7;/h6-7,12,18H,1-5,17H2;1H/t12-;/m0./s1. The van der Waals surface area contributed by atoms with Gasteiger partial charge in [-0.05, 0) is 56.7 Å². The van der Waals surface area contributed by atoms with E-state index in [1.807, 2.05) is 6.07 Å². The normalized spacial score (nSPS) is 17.9. The van der Waals surface area contributed by atoms with Crippen LogP contribution in [-0.2, 0) is 0 Å². The Hall–Kier alpha value is 0.710. The van der Waals surface area contributed by atoms with Crippen molar-refractivity contribution in [2.24, 2.45) is 11.7 Å². The van der Waals surface area contributed by atoms with Crippen molar-refractivity contribution in [3.63, 3.8) is 0 Å². The van der Waals surface area contributed by atoms with Gasteiger partial charge in [0.1, 0.15) is 5.75 Å². The van der Waals surface area contributed by atoms with Crippen LogP contribution >= 0.6 is 60.2 Å². The molecule has 3 N–H and O–H groups in total. The Bertz CT molecular complexity index is 450. The molecular formula is C13H17Br3ClNO. The minimum absolute atomic E-state index is 0. The van der Waals surface area contributed by atoms with Crippen LogP contribution < -0.4 is 5.73 Å². The summed E-state index contributed by atoms with van der Waals surface area (Å²) in [5.74, 6) is 0.728. The molecule has 2 rings (SSSR count). The maximum absolute atomic E-state index is 9.99. The first-order valence-electron chi connectivity index (χ1n) is 6.14. The molecule has 0 radical (unpaired) electrons. The second kappa shape index (κ2) is 7.64. The topological polar surface area (TPSA) is 46.2 Å². The first-order valence-corrected chi connectivity index (χ1v) is 8.52. The van der Waals surface area contributed by atoms with Crippen molar-refractivity contribution in [2.75, 3.05) is 0 Å². The molecule has 0 amide bonds. The number of phenols is 1. The van der Waals surface area contributed by atoms with E-state index in [1.54, 1.807) is 0 Å². The van der Waals surface area contributed by atoms with Gasteiger partial charge in [0.2, 0.25) is 0 Å². The lowest BCUT2D eigenvalue weighted by molar-refractivity contribution is 0.306. The number of hydrogen-bond acceptors (Lipinski definition) is 2. The third-order valence-corrected chi connectivity index (χ3v) is 5.74. The fourth-order valence-corrected chi connectivity index (χ4v) is 5.28. The molecule has 0 bridgehead atoms. The summed E-state index contributed by atoms with van der Waals surface area (Å²) in [5.41, 5.74) is 7.38. The largest absolute Gasteiger partial charge is 0.506 e. The number of hydrogen-bond donors (Lipinski definition) is 2. The third kappa shape index (κ3) is 3.88. The summed E-state index contributed by atoms with van der Waals surface area (Å²) in [4.78, 5) is 0. The molecule has 108 valence electrons. The molecule has 1 fully saturated rings. The molecule has 1 saturated carbocycles. The van der Waals surface area contributed by atoms with Crippen LogP contribution in [0.2, 0.25) is 0 Å². The van der Waals surface area contributed by atoms with Gasteiger partial charge in [-0.3, -0.25) is 0 Å². The fraction of sp³-hybridized carbons (Fsp3) is 0.538. The molecule has 1 aliphatic carbocycles. The molecular weight excluding hydrogens is 461 g/mol. The maximum Gasteiger partial charge on any atom is 0.144 e. The van der Waals surface area contributed by atoms with E-state index in [9.17, 15) is 5.11 Å². The van der Waals surface area contributed by atoms with Crippen LogP contribution in [-0.4, -0.2) is 5.11 Å². The summed E-state index contributed by atoms with van der Waals surface area (Å²) < 4.78 is 2.31. The average Bonchev–Trinajstić information content (AvgIpc) is 2.37. The summed E-state index contributed by atoms with van der Waals surface area (Å²) >= 11 is 10.3. The van der Waals surface area contributed by atoms with Crippen molar-refractivity contribution in [1.29, 1.82) is 0 Å². The molecule has 0 aromatic heterocycles. The predicted octanol–water partition coefficient (Wildman–Crippen LogP) is 5.68. The molecule has 6 heteroatoms. The Labute approximate surface area is 145 Å². The summed E-state index contributed by atoms with van der Waals surface area (Å²) in [6, 6.07) is 1.83. The number of aromatic hydroxyl groups is 1. The van der Waals surface area contributed by atoms with Crippen LogP contribution in [0.1, 0.15) is 43.7 Å². The van der Waals surface area contributed by atoms with Crippen molar-refractivity contribution in [3.05, 3.63) is 25.0 Å². The highest BCUT2D eigenvalue weighted by molar-refractivity contribution is 9.11. The van der Waals surface area contributed by atoms with Gasteiger partial charge in [-0.15, -0.1) is 12.4 Å². The lowest BCUT2D eigenvalue weighted by Gasteiger charge is -2.29. The minimum atomic E-state index is -0.0342. The second-order valence-corrected chi connectivity index (χ2v) is 7.34. The third-order valence-electron chi connectivity index (χ3n) is 3.67. The number of rotatable bonds is 2. The molecule has 2 nitrogen and oxygen atoms in total. The zero-order chi connectivity index (χ0) is 13.3. The summed E-state index contributed by atoms with van der Waals surface area (Å²) in [7, 11) is 0. The van der Waals surface area contributed by atoms with Crippen LogP contribution in [0.15, 0.2) is 19.5 Å². The van der Waals surface area contributed by atoms with Crippen molar-refractivity contribution in [3.8, 4) is 5.75 Å². The zero-order valence-corrected chi connectivity index (χ0v) is 15.9. The molecule has 1 atom stereocenters. The monoisotopic (exact) mass is 475 g/mol. The van der Waals surface area contributed by atoms with E-state index in [4.69, 9.17) is 5.73 Å². The summed E-state index contributed by atoms with van der Waals surface area (Å²) in [5, 5.41) is 9.99. The number of phenolic OH excluding ortho intramolecular Hbond substituents is 1. The van der Waals surface area contributed by atoms with Gasteiger partial charge in [-0.1, -0.05) is 35.2 Å². The maximum atomic E-state index is 9.99. The van der Waals surface area contributed by atoms with Crippen LogP contribution in [0.5, 0.6) is 5.75 Å². The molecule has 1 aromatic carbocycles. The van der Waals surface area contributed by atoms with Gasteiger partial charge in [0.25, 0.3) is 0 Å². The molecule has 0 aliphatic heterocycles. The second-order valence-electron chi connectivity index (χ2n) is 4.84. The van der Waals surface area contributed by atoms with Gasteiger partial charge >= 0.3 is 0 Å². The van der Waals surface area contributed by atoms with Gasteiger partial charge in [0, 0.05) is 16.1 Å². The Kier molecular flexibility index (Phi) is 7.14. The van der Waals surface area contributed by atoms with Crippen molar-refractivity contribution in [2.45, 2.75) is 38.1 Å². The van der Waals surface area contributed by atoms with Crippen LogP contribution in [0.4, 0.5) is 0 Å². The SMILES string of the molecule is Cl.N[C@H](c1c(Br)cc(Br)c(O)c1Br)C1CCCCC1. The Morgan fingerprint density at radius 2 is 1.68 bits per heavy atom. The summed E-state index contributed by atoms with van der Waals surface area (Å²) in [6.07, 6.45) is 6.19. The Morgan fingerprint density at radius 3 is 2.26 bits per heavy atom. The molecule has 1 aromatic rings. The fourth-order valence-electron chi connectivity index (χ4n) is 2.63. The lowest BCUT2D eigenvalue weighted by atomic mass is 9.81. The zero-order valence-electron chi connectivity index (χ0n) is 10.3. The van der Waals surface area contributed by atoms with Gasteiger partial charge in [0.15, 0.2) is 0 Å². The van der Waals surface area contributed by atoms with E-state index in [-0.39, 0.29) is 24.2 Å². The van der Waals surface area contributed by atoms with E-state index in [0.717, 1.165) is 10.0 Å². The van der Waals surface area contributed by atoms with E-state index in [1.165, 1.54) is 32.1 Å². The van der Waals surface area contributed by atoms with Crippen molar-refractivity contribution in [1.82, 2.24) is 0 Å². The first-order chi connectivity index (χ1) is 8.52. The number of nitrogens with two attached hydrogens (primary N) is 1. The Balaban J connectivity index is 0.00000180. The molecule has 0 spiro atoms. The van der Waals surface area contributed by atoms with Gasteiger partial charge in [0.05, 0.1) is 8.95 Å². The lowest BCUT2D eigenvalue weighted by Crippen LogP contribution is -2.24. The highest BCUT2D eigenvalue weighted by Gasteiger charge is 2.26. The smallest absolute Gasteiger partial charge is 0.144 e. The number of halogens is 4. The first kappa shape index (κ1) is 17.8. The van der Waals surface area contributed by atoms with E-state index in [0.29, 0.717) is 14.9 Å². The van der Waals surface area contributed by atoms with E-state index < -0.39 is 0 Å².